The molecule has 0 unspecified atom stereocenters. The van der Waals surface area contributed by atoms with Crippen molar-refractivity contribution in [3.63, 3.8) is 0 Å². The third kappa shape index (κ3) is 2.77. The molecule has 1 aromatic heterocycles. The molecule has 0 aliphatic carbocycles. The van der Waals surface area contributed by atoms with Gasteiger partial charge >= 0.3 is 0 Å². The minimum atomic E-state index is 0.519. The molecule has 0 spiro atoms. The molecule has 0 saturated carbocycles. The van der Waals surface area contributed by atoms with Crippen molar-refractivity contribution in [1.82, 2.24) is 9.97 Å². The largest absolute Gasteiger partial charge is 0.339 e. The fourth-order valence-electron chi connectivity index (χ4n) is 1.66. The molecule has 0 radical (unpaired) electrons. The number of hydrogen-bond donors (Lipinski definition) is 3. The number of hydrazine groups is 1. The van der Waals surface area contributed by atoms with Crippen LogP contribution in [0.4, 0.5) is 17.3 Å². The van der Waals surface area contributed by atoms with Gasteiger partial charge in [0.25, 0.3) is 0 Å². The van der Waals surface area contributed by atoms with Crippen LogP contribution in [0.1, 0.15) is 11.1 Å². The highest BCUT2D eigenvalue weighted by Crippen LogP contribution is 2.26. The van der Waals surface area contributed by atoms with Crippen molar-refractivity contribution >= 4 is 33.3 Å². The van der Waals surface area contributed by atoms with Crippen molar-refractivity contribution in [1.29, 1.82) is 0 Å². The summed E-state index contributed by atoms with van der Waals surface area (Å²) in [5, 5.41) is 3.20. The van der Waals surface area contributed by atoms with Gasteiger partial charge in [-0.3, -0.25) is 4.98 Å². The Kier molecular flexibility index (Phi) is 3.78. The van der Waals surface area contributed by atoms with E-state index in [4.69, 9.17) is 5.84 Å². The Morgan fingerprint density at radius 3 is 2.33 bits per heavy atom. The SMILES string of the molecule is Cc1cc(Nc2cncc(NN)n2)cc(C)c1Br. The van der Waals surface area contributed by atoms with Crippen LogP contribution in [0.25, 0.3) is 0 Å². The number of benzene rings is 1. The van der Waals surface area contributed by atoms with E-state index >= 15 is 0 Å². The van der Waals surface area contributed by atoms with Crippen molar-refractivity contribution in [2.75, 3.05) is 10.7 Å². The summed E-state index contributed by atoms with van der Waals surface area (Å²) in [7, 11) is 0. The molecule has 0 atom stereocenters. The van der Waals surface area contributed by atoms with Gasteiger partial charge in [-0.15, -0.1) is 0 Å². The number of aryl methyl sites for hydroxylation is 2. The van der Waals surface area contributed by atoms with E-state index in [9.17, 15) is 0 Å². The molecule has 94 valence electrons. The normalized spacial score (nSPS) is 10.2. The van der Waals surface area contributed by atoms with Crippen LogP contribution in [-0.2, 0) is 0 Å². The van der Waals surface area contributed by atoms with Crippen LogP contribution in [0.15, 0.2) is 29.0 Å². The zero-order valence-corrected chi connectivity index (χ0v) is 11.7. The molecular weight excluding hydrogens is 294 g/mol. The van der Waals surface area contributed by atoms with Crippen LogP contribution in [0.5, 0.6) is 0 Å². The number of anilines is 3. The van der Waals surface area contributed by atoms with E-state index in [-0.39, 0.29) is 0 Å². The van der Waals surface area contributed by atoms with Crippen LogP contribution >= 0.6 is 15.9 Å². The van der Waals surface area contributed by atoms with Crippen molar-refractivity contribution in [3.8, 4) is 0 Å². The minimum Gasteiger partial charge on any atom is -0.339 e. The lowest BCUT2D eigenvalue weighted by Gasteiger charge is -2.10. The molecule has 2 rings (SSSR count). The first kappa shape index (κ1) is 12.8. The molecule has 1 aromatic carbocycles. The summed E-state index contributed by atoms with van der Waals surface area (Å²) in [6.07, 6.45) is 3.21. The molecule has 0 amide bonds. The summed E-state index contributed by atoms with van der Waals surface area (Å²) in [5.41, 5.74) is 5.76. The van der Waals surface area contributed by atoms with Gasteiger partial charge in [0.2, 0.25) is 0 Å². The molecule has 0 fully saturated rings. The van der Waals surface area contributed by atoms with E-state index in [1.807, 2.05) is 26.0 Å². The quantitative estimate of drug-likeness (QED) is 0.600. The zero-order chi connectivity index (χ0) is 13.1. The Bertz CT molecular complexity index is 547. The third-order valence-corrected chi connectivity index (χ3v) is 3.74. The van der Waals surface area contributed by atoms with Gasteiger partial charge in [-0.05, 0) is 37.1 Å². The van der Waals surface area contributed by atoms with Gasteiger partial charge in [-0.25, -0.2) is 10.8 Å². The van der Waals surface area contributed by atoms with E-state index in [0.717, 1.165) is 10.2 Å². The summed E-state index contributed by atoms with van der Waals surface area (Å²) in [6.45, 7) is 4.09. The molecule has 1 heterocycles. The molecule has 0 aliphatic heterocycles. The van der Waals surface area contributed by atoms with Crippen molar-refractivity contribution in [2.45, 2.75) is 13.8 Å². The van der Waals surface area contributed by atoms with E-state index in [2.05, 4.69) is 36.6 Å². The van der Waals surface area contributed by atoms with E-state index in [1.54, 1.807) is 12.4 Å². The number of nitrogens with one attached hydrogen (secondary N) is 2. The Morgan fingerprint density at radius 1 is 1.11 bits per heavy atom. The van der Waals surface area contributed by atoms with Crippen molar-refractivity contribution < 1.29 is 0 Å². The Hall–Kier alpha value is -1.66. The highest BCUT2D eigenvalue weighted by atomic mass is 79.9. The van der Waals surface area contributed by atoms with Crippen LogP contribution in [-0.4, -0.2) is 9.97 Å². The number of nitrogen functional groups attached to an aromatic ring is 1. The molecular formula is C12H14BrN5. The van der Waals surface area contributed by atoms with Crippen LogP contribution in [0.2, 0.25) is 0 Å². The van der Waals surface area contributed by atoms with Gasteiger partial charge in [0.15, 0.2) is 11.6 Å². The first-order chi connectivity index (χ1) is 8.60. The number of nitrogens with zero attached hydrogens (tertiary/aromatic N) is 2. The van der Waals surface area contributed by atoms with Gasteiger partial charge in [0, 0.05) is 10.2 Å². The van der Waals surface area contributed by atoms with E-state index < -0.39 is 0 Å². The smallest absolute Gasteiger partial charge is 0.160 e. The Labute approximate surface area is 114 Å². The molecule has 2 aromatic rings. The maximum absolute atomic E-state index is 5.29. The van der Waals surface area contributed by atoms with Gasteiger partial charge in [-0.1, -0.05) is 15.9 Å². The Balaban J connectivity index is 2.28. The third-order valence-electron chi connectivity index (χ3n) is 2.49. The minimum absolute atomic E-state index is 0.519. The second-order valence-electron chi connectivity index (χ2n) is 3.98. The second kappa shape index (κ2) is 5.32. The molecule has 4 N–H and O–H groups in total. The van der Waals surface area contributed by atoms with Gasteiger partial charge < -0.3 is 10.7 Å². The fourth-order valence-corrected chi connectivity index (χ4v) is 1.89. The molecule has 0 aliphatic rings. The predicted molar refractivity (Wildman–Crippen MR) is 76.7 cm³/mol. The highest BCUT2D eigenvalue weighted by Gasteiger charge is 2.04. The maximum Gasteiger partial charge on any atom is 0.160 e. The van der Waals surface area contributed by atoms with Gasteiger partial charge in [0.1, 0.15) is 0 Å². The van der Waals surface area contributed by atoms with Gasteiger partial charge in [0.05, 0.1) is 12.4 Å². The highest BCUT2D eigenvalue weighted by molar-refractivity contribution is 9.10. The number of nitrogens with two attached hydrogens (primary N) is 1. The van der Waals surface area contributed by atoms with Crippen molar-refractivity contribution in [2.24, 2.45) is 5.84 Å². The first-order valence-electron chi connectivity index (χ1n) is 5.42. The number of rotatable bonds is 3. The standard InChI is InChI=1S/C12H14BrN5/c1-7-3-9(4-8(2)12(7)13)16-10-5-15-6-11(17-10)18-14/h3-6H,14H2,1-2H3,(H2,16,17,18). The second-order valence-corrected chi connectivity index (χ2v) is 4.78. The monoisotopic (exact) mass is 307 g/mol. The summed E-state index contributed by atoms with van der Waals surface area (Å²) in [6, 6.07) is 4.09. The summed E-state index contributed by atoms with van der Waals surface area (Å²) in [4.78, 5) is 8.28. The van der Waals surface area contributed by atoms with E-state index in [0.29, 0.717) is 11.6 Å². The number of aromatic nitrogens is 2. The molecule has 0 bridgehead atoms. The van der Waals surface area contributed by atoms with Crippen LogP contribution in [0.3, 0.4) is 0 Å². The number of halogens is 1. The lowest BCUT2D eigenvalue weighted by atomic mass is 10.1. The molecule has 0 saturated heterocycles. The maximum atomic E-state index is 5.29. The lowest BCUT2D eigenvalue weighted by molar-refractivity contribution is 1.16. The summed E-state index contributed by atoms with van der Waals surface area (Å²) < 4.78 is 1.12. The Morgan fingerprint density at radius 2 is 1.72 bits per heavy atom. The van der Waals surface area contributed by atoms with Crippen molar-refractivity contribution in [3.05, 3.63) is 40.1 Å². The van der Waals surface area contributed by atoms with Crippen LogP contribution < -0.4 is 16.6 Å². The average molecular weight is 308 g/mol. The summed E-state index contributed by atoms with van der Waals surface area (Å²) >= 11 is 3.54. The fraction of sp³-hybridized carbons (Fsp3) is 0.167. The zero-order valence-electron chi connectivity index (χ0n) is 10.2. The predicted octanol–water partition coefficient (Wildman–Crippen LogP) is 2.89. The average Bonchev–Trinajstić information content (AvgIpc) is 2.36. The van der Waals surface area contributed by atoms with E-state index in [1.165, 1.54) is 11.1 Å². The molecule has 5 nitrogen and oxygen atoms in total. The lowest BCUT2D eigenvalue weighted by Crippen LogP contribution is -2.09. The first-order valence-corrected chi connectivity index (χ1v) is 6.22. The molecule has 18 heavy (non-hydrogen) atoms. The van der Waals surface area contributed by atoms with Crippen LogP contribution in [0, 0.1) is 13.8 Å². The van der Waals surface area contributed by atoms with Gasteiger partial charge in [-0.2, -0.15) is 0 Å². The number of hydrogen-bond acceptors (Lipinski definition) is 5. The summed E-state index contributed by atoms with van der Waals surface area (Å²) in [5.74, 6) is 6.46. The topological polar surface area (TPSA) is 75.9 Å². The molecule has 6 heteroatoms.